The van der Waals surface area contributed by atoms with Crippen LogP contribution in [0.15, 0.2) is 96.8 Å². The first-order valence-corrected chi connectivity index (χ1v) is 29.3. The van der Waals surface area contributed by atoms with Crippen molar-refractivity contribution in [2.24, 2.45) is 0 Å². The molecule has 0 N–H and O–H groups in total. The smallest absolute Gasteiger partial charge is 0.209 e. The van der Waals surface area contributed by atoms with Gasteiger partial charge in [0.2, 0.25) is 5.69 Å². The van der Waals surface area contributed by atoms with Gasteiger partial charge >= 0.3 is 0 Å². The summed E-state index contributed by atoms with van der Waals surface area (Å²) in [6.07, 6.45) is 16.3. The van der Waals surface area contributed by atoms with Gasteiger partial charge in [-0.1, -0.05) is 66.8 Å². The summed E-state index contributed by atoms with van der Waals surface area (Å²) >= 11 is 0. The number of para-hydroxylation sites is 2. The van der Waals surface area contributed by atoms with Gasteiger partial charge in [-0.3, -0.25) is 0 Å². The van der Waals surface area contributed by atoms with Crippen LogP contribution in [0.4, 0.5) is 11.4 Å². The summed E-state index contributed by atoms with van der Waals surface area (Å²) in [6, 6.07) is 17.2. The van der Waals surface area contributed by atoms with E-state index >= 15 is 0 Å². The molecule has 0 aliphatic carbocycles. The normalized spacial score (nSPS) is 17.5. The molecule has 20 heteroatoms. The van der Waals surface area contributed by atoms with Crippen molar-refractivity contribution >= 4 is 23.1 Å². The highest BCUT2D eigenvalue weighted by atomic mass is 16.6. The van der Waals surface area contributed by atoms with Crippen molar-refractivity contribution in [3.05, 3.63) is 108 Å². The fraction of sp³-hybridized carbons (Fsp3) is 0.651. The van der Waals surface area contributed by atoms with E-state index in [1.807, 2.05) is 0 Å². The van der Waals surface area contributed by atoms with E-state index in [2.05, 4.69) is 114 Å². The molecule has 2 atom stereocenters. The van der Waals surface area contributed by atoms with Crippen LogP contribution in [0.5, 0.6) is 0 Å². The molecule has 0 radical (unpaired) electrons. The zero-order valence-corrected chi connectivity index (χ0v) is 50.4. The van der Waals surface area contributed by atoms with Crippen LogP contribution in [0.25, 0.3) is 0 Å². The van der Waals surface area contributed by atoms with E-state index in [0.29, 0.717) is 198 Å². The van der Waals surface area contributed by atoms with Crippen LogP contribution in [0.3, 0.4) is 0 Å². The van der Waals surface area contributed by atoms with Crippen molar-refractivity contribution in [1.82, 2.24) is 0 Å². The zero-order valence-electron chi connectivity index (χ0n) is 50.4. The van der Waals surface area contributed by atoms with Gasteiger partial charge in [-0.25, -0.2) is 0 Å². The lowest BCUT2D eigenvalue weighted by molar-refractivity contribution is -0.442. The summed E-state index contributed by atoms with van der Waals surface area (Å²) < 4.78 is 92.4. The molecule has 0 spiro atoms. The minimum absolute atomic E-state index is 0.105. The third kappa shape index (κ3) is 28.2. The molecular formula is C63H98N2O18. The number of aliphatic carboxylic acids is 1. The molecule has 2 aliphatic heterocycles. The maximum absolute atomic E-state index is 10.5. The summed E-state index contributed by atoms with van der Waals surface area (Å²) in [5.74, 6) is -1.13. The minimum atomic E-state index is -1.13. The van der Waals surface area contributed by atoms with Gasteiger partial charge in [0.1, 0.15) is 6.61 Å². The molecule has 2 unspecified atom stereocenters. The highest BCUT2D eigenvalue weighted by Gasteiger charge is 2.47. The number of hydrogen-bond acceptors (Lipinski definition) is 19. The van der Waals surface area contributed by atoms with Crippen molar-refractivity contribution in [3.63, 3.8) is 0 Å². The van der Waals surface area contributed by atoms with E-state index in [1.54, 1.807) is 21.3 Å². The molecule has 2 aliphatic rings. The number of anilines is 1. The maximum atomic E-state index is 10.5. The number of carbonyl (C=O) groups is 1. The number of nitrogens with zero attached hydrogens (tertiary/aromatic N) is 2. The molecule has 2 aromatic rings. The summed E-state index contributed by atoms with van der Waals surface area (Å²) in [6.45, 7) is 19.7. The number of carbonyl (C=O) groups excluding carboxylic acids is 1. The molecule has 0 aromatic heterocycles. The largest absolute Gasteiger partial charge is 0.550 e. The average Bonchev–Trinajstić information content (AvgIpc) is 2.00. The molecule has 0 saturated heterocycles. The number of fused-ring (bicyclic) bond motifs is 2. The van der Waals surface area contributed by atoms with Gasteiger partial charge in [0.05, 0.1) is 177 Å². The first kappa shape index (κ1) is 71.2. The SMILES string of the molecule is COCCOCCOCCOCC[N+]1=C(/C=C/C=C/C=C/C=C2/N(CCOCCOCCOCCOCCC(=O)[O-])c3ccccc3C2(C)CCOCCOCCOCCOC)C(C)(CCOCCOCCOCCOC)c2ccccc21. The Balaban J connectivity index is 1.44. The predicted molar refractivity (Wildman–Crippen MR) is 315 cm³/mol. The van der Waals surface area contributed by atoms with Crippen LogP contribution in [-0.2, 0) is 91.4 Å². The van der Waals surface area contributed by atoms with E-state index in [-0.39, 0.29) is 23.9 Å². The van der Waals surface area contributed by atoms with E-state index < -0.39 is 5.97 Å². The highest BCUT2D eigenvalue weighted by Crippen LogP contribution is 2.50. The Hall–Kier alpha value is -4.30. The topological polar surface area (TPSA) is 194 Å². The monoisotopic (exact) mass is 1170 g/mol. The van der Waals surface area contributed by atoms with Gasteiger partial charge in [0.15, 0.2) is 12.3 Å². The van der Waals surface area contributed by atoms with Crippen molar-refractivity contribution < 1.29 is 90.3 Å². The molecule has 0 bridgehead atoms. The molecule has 2 heterocycles. The lowest BCUT2D eigenvalue weighted by Gasteiger charge is -2.30. The van der Waals surface area contributed by atoms with Gasteiger partial charge < -0.3 is 90.6 Å². The minimum Gasteiger partial charge on any atom is -0.550 e. The van der Waals surface area contributed by atoms with E-state index in [1.165, 1.54) is 16.8 Å². The fourth-order valence-electron chi connectivity index (χ4n) is 9.36. The van der Waals surface area contributed by atoms with Crippen molar-refractivity contribution in [2.45, 2.75) is 43.9 Å². The summed E-state index contributed by atoms with van der Waals surface area (Å²) in [4.78, 5) is 12.9. The van der Waals surface area contributed by atoms with Gasteiger partial charge in [-0.05, 0) is 44.4 Å². The third-order valence-corrected chi connectivity index (χ3v) is 13.7. The predicted octanol–water partition coefficient (Wildman–Crippen LogP) is 5.45. The van der Waals surface area contributed by atoms with Crippen LogP contribution in [-0.4, -0.2) is 242 Å². The van der Waals surface area contributed by atoms with Gasteiger partial charge in [-0.15, -0.1) is 0 Å². The summed E-state index contributed by atoms with van der Waals surface area (Å²) in [7, 11) is 4.97. The molecule has 0 fully saturated rings. The lowest BCUT2D eigenvalue weighted by atomic mass is 9.76. The van der Waals surface area contributed by atoms with Crippen LogP contribution >= 0.6 is 0 Å². The zero-order chi connectivity index (χ0) is 59.2. The van der Waals surface area contributed by atoms with E-state index in [9.17, 15) is 9.90 Å². The Kier molecular flexibility index (Phi) is 39.4. The number of carboxylic acid groups (broad SMARTS) is 1. The van der Waals surface area contributed by atoms with Crippen LogP contribution in [0, 0.1) is 0 Å². The molecule has 4 rings (SSSR count). The van der Waals surface area contributed by atoms with Crippen LogP contribution in [0.1, 0.15) is 44.2 Å². The van der Waals surface area contributed by atoms with Crippen LogP contribution in [0.2, 0.25) is 0 Å². The van der Waals surface area contributed by atoms with Crippen molar-refractivity contribution in [3.8, 4) is 0 Å². The summed E-state index contributed by atoms with van der Waals surface area (Å²) in [5.41, 5.74) is 6.42. The molecule has 20 nitrogen and oxygen atoms in total. The number of carboxylic acids is 1. The number of methoxy groups -OCH3 is 3. The second kappa shape index (κ2) is 46.0. The Morgan fingerprint density at radius 1 is 0.446 bits per heavy atom. The van der Waals surface area contributed by atoms with E-state index in [0.717, 1.165) is 29.9 Å². The summed E-state index contributed by atoms with van der Waals surface area (Å²) in [5, 5.41) is 10.5. The fourth-order valence-corrected chi connectivity index (χ4v) is 9.36. The second-order valence-corrected chi connectivity index (χ2v) is 19.6. The Bertz CT molecular complexity index is 2160. The van der Waals surface area contributed by atoms with Crippen LogP contribution < -0.4 is 10.0 Å². The molecule has 0 amide bonds. The highest BCUT2D eigenvalue weighted by molar-refractivity contribution is 6.03. The van der Waals surface area contributed by atoms with E-state index in [4.69, 9.17) is 75.8 Å². The van der Waals surface area contributed by atoms with Gasteiger partial charge in [0, 0.05) is 88.0 Å². The second-order valence-electron chi connectivity index (χ2n) is 19.6. The third-order valence-electron chi connectivity index (χ3n) is 13.7. The first-order chi connectivity index (χ1) is 40.8. The lowest BCUT2D eigenvalue weighted by Crippen LogP contribution is -2.33. The number of rotatable bonds is 55. The molecular weight excluding hydrogens is 1070 g/mol. The quantitative estimate of drug-likeness (QED) is 0.0461. The number of benzene rings is 2. The maximum Gasteiger partial charge on any atom is 0.209 e. The molecule has 468 valence electrons. The molecule has 0 saturated carbocycles. The van der Waals surface area contributed by atoms with Gasteiger partial charge in [0.25, 0.3) is 0 Å². The van der Waals surface area contributed by atoms with Crippen molar-refractivity contribution in [1.29, 1.82) is 0 Å². The standard InChI is InChI=1S/C63H98N2O18/c1-62(22-27-72-38-43-80-50-47-76-34-31-68-3)55-15-11-13-17-57(55)64(24-29-74-40-45-82-52-49-78-36-33-70-5)59(62)19-9-7-6-8-10-20-60-63(2,23-28-73-39-44-81-51-48-77-35-32-69-4)56-16-12-14-18-58(56)65(60)25-30-75-41-46-83-54-53-79-42-37-71-26-21-61(66)67/h6-20H,21-54H2,1-5H3. The van der Waals surface area contributed by atoms with Gasteiger partial charge in [-0.2, -0.15) is 4.58 Å². The average molecular weight is 1170 g/mol. The number of allylic oxidation sites excluding steroid dienone is 8. The molecule has 2 aromatic carbocycles. The Morgan fingerprint density at radius 3 is 1.33 bits per heavy atom. The number of ether oxygens (including phenoxy) is 16. The molecule has 83 heavy (non-hydrogen) atoms. The number of hydrogen-bond donors (Lipinski definition) is 0. The van der Waals surface area contributed by atoms with Crippen molar-refractivity contribution in [2.75, 3.05) is 231 Å². The Morgan fingerprint density at radius 2 is 0.831 bits per heavy atom. The Labute approximate surface area is 494 Å². The first-order valence-electron chi connectivity index (χ1n) is 29.3.